The van der Waals surface area contributed by atoms with E-state index in [0.29, 0.717) is 4.88 Å². The van der Waals surface area contributed by atoms with Gasteiger partial charge in [-0.15, -0.1) is 11.3 Å². The van der Waals surface area contributed by atoms with E-state index in [9.17, 15) is 4.79 Å². The Balaban J connectivity index is 0. The first-order valence-corrected chi connectivity index (χ1v) is 4.00. The molecule has 62 valence electrons. The standard InChI is InChI=1S/C8H5NO2S.K.H/c9-5-6(4-8(10)11)7-2-1-3-12-7;;/h1-4H,(H,10,11);;/q;+1;-1. The molecule has 0 bridgehead atoms. The average Bonchev–Trinajstić information content (AvgIpc) is 2.51. The molecule has 0 unspecified atom stereocenters. The van der Waals surface area contributed by atoms with Crippen molar-refractivity contribution in [2.75, 3.05) is 0 Å². The fourth-order valence-corrected chi connectivity index (χ4v) is 1.41. The Kier molecular flexibility index (Phi) is 6.50. The molecule has 5 heteroatoms. The normalized spacial score (nSPS) is 9.92. The SMILES string of the molecule is N#CC(=CC(=O)O)c1cccs1.[H-].[K+]. The van der Waals surface area contributed by atoms with Crippen molar-refractivity contribution in [3.05, 3.63) is 28.5 Å². The first-order chi connectivity index (χ1) is 5.74. The van der Waals surface area contributed by atoms with E-state index in [2.05, 4.69) is 0 Å². The molecule has 0 aliphatic carbocycles. The van der Waals surface area contributed by atoms with Crippen LogP contribution in [-0.4, -0.2) is 11.1 Å². The van der Waals surface area contributed by atoms with Crippen molar-refractivity contribution < 1.29 is 62.7 Å². The van der Waals surface area contributed by atoms with Crippen LogP contribution in [0.1, 0.15) is 6.30 Å². The molecule has 0 atom stereocenters. The second kappa shape index (κ2) is 6.48. The van der Waals surface area contributed by atoms with Crippen LogP contribution in [0, 0.1) is 11.3 Å². The van der Waals surface area contributed by atoms with E-state index in [4.69, 9.17) is 10.4 Å². The Labute approximate surface area is 124 Å². The third kappa shape index (κ3) is 4.18. The summed E-state index contributed by atoms with van der Waals surface area (Å²) in [5.41, 5.74) is 0.192. The molecule has 1 aromatic heterocycles. The number of aliphatic carboxylic acids is 1. The Morgan fingerprint density at radius 1 is 1.77 bits per heavy atom. The van der Waals surface area contributed by atoms with E-state index < -0.39 is 5.97 Å². The molecule has 0 fully saturated rings. The van der Waals surface area contributed by atoms with Crippen molar-refractivity contribution in [1.82, 2.24) is 0 Å². The summed E-state index contributed by atoms with van der Waals surface area (Å²) in [6, 6.07) is 5.31. The fraction of sp³-hybridized carbons (Fsp3) is 0. The van der Waals surface area contributed by atoms with Crippen LogP contribution in [0.3, 0.4) is 0 Å². The monoisotopic (exact) mass is 219 g/mol. The third-order valence-corrected chi connectivity index (χ3v) is 2.08. The zero-order valence-electron chi connectivity index (χ0n) is 8.02. The van der Waals surface area contributed by atoms with Gasteiger partial charge in [-0.05, 0) is 11.4 Å². The number of hydrogen-bond acceptors (Lipinski definition) is 3. The molecule has 0 aromatic carbocycles. The molecular weight excluding hydrogens is 213 g/mol. The minimum absolute atomic E-state index is 0. The molecule has 13 heavy (non-hydrogen) atoms. The van der Waals surface area contributed by atoms with Crippen molar-refractivity contribution in [3.8, 4) is 6.07 Å². The van der Waals surface area contributed by atoms with Gasteiger partial charge in [-0.1, -0.05) is 6.07 Å². The summed E-state index contributed by atoms with van der Waals surface area (Å²) in [4.78, 5) is 10.9. The molecule has 1 rings (SSSR count). The molecule has 0 amide bonds. The Morgan fingerprint density at radius 3 is 2.85 bits per heavy atom. The number of carboxylic acid groups (broad SMARTS) is 1. The summed E-state index contributed by atoms with van der Waals surface area (Å²) in [5, 5.41) is 18.8. The summed E-state index contributed by atoms with van der Waals surface area (Å²) in [6.45, 7) is 0. The van der Waals surface area contributed by atoms with Gasteiger partial charge >= 0.3 is 57.4 Å². The predicted octanol–water partition coefficient (Wildman–Crippen LogP) is -1.14. The van der Waals surface area contributed by atoms with Crippen LogP contribution in [0.5, 0.6) is 0 Å². The largest absolute Gasteiger partial charge is 1.00 e. The van der Waals surface area contributed by atoms with Crippen LogP contribution in [0.15, 0.2) is 23.6 Å². The van der Waals surface area contributed by atoms with Crippen LogP contribution in [0.25, 0.3) is 5.57 Å². The summed E-state index contributed by atoms with van der Waals surface area (Å²) in [6.07, 6.45) is 0.909. The number of thiophene rings is 1. The number of rotatable bonds is 2. The molecule has 1 N–H and O–H groups in total. The minimum Gasteiger partial charge on any atom is -1.00 e. The molecule has 1 aromatic rings. The van der Waals surface area contributed by atoms with Gasteiger partial charge in [0.15, 0.2) is 0 Å². The van der Waals surface area contributed by atoms with Crippen LogP contribution >= 0.6 is 11.3 Å². The van der Waals surface area contributed by atoms with Gasteiger partial charge in [0, 0.05) is 11.0 Å². The summed E-state index contributed by atoms with van der Waals surface area (Å²) in [7, 11) is 0. The van der Waals surface area contributed by atoms with Crippen molar-refractivity contribution in [1.29, 1.82) is 5.26 Å². The summed E-state index contributed by atoms with van der Waals surface area (Å²) < 4.78 is 0. The Morgan fingerprint density at radius 2 is 2.46 bits per heavy atom. The van der Waals surface area contributed by atoms with Gasteiger partial charge in [0.2, 0.25) is 0 Å². The summed E-state index contributed by atoms with van der Waals surface area (Å²) in [5.74, 6) is -1.10. The first kappa shape index (κ1) is 13.0. The van der Waals surface area contributed by atoms with E-state index in [1.807, 2.05) is 6.07 Å². The van der Waals surface area contributed by atoms with Gasteiger partial charge < -0.3 is 6.53 Å². The maximum absolute atomic E-state index is 10.2. The van der Waals surface area contributed by atoms with Crippen LogP contribution in [0.2, 0.25) is 0 Å². The molecule has 0 aliphatic heterocycles. The number of nitrogens with zero attached hydrogens (tertiary/aromatic N) is 1. The van der Waals surface area contributed by atoms with Crippen molar-refractivity contribution in [2.45, 2.75) is 0 Å². The fourth-order valence-electron chi connectivity index (χ4n) is 0.714. The zero-order chi connectivity index (χ0) is 8.97. The average molecular weight is 219 g/mol. The molecule has 1 heterocycles. The van der Waals surface area contributed by atoms with Crippen LogP contribution in [0.4, 0.5) is 0 Å². The van der Waals surface area contributed by atoms with Crippen molar-refractivity contribution in [2.24, 2.45) is 0 Å². The predicted molar refractivity (Wildman–Crippen MR) is 46.7 cm³/mol. The van der Waals surface area contributed by atoms with E-state index in [0.717, 1.165) is 6.08 Å². The maximum Gasteiger partial charge on any atom is 1.00 e. The van der Waals surface area contributed by atoms with E-state index in [1.54, 1.807) is 17.5 Å². The number of carbonyl (C=O) groups is 1. The molecule has 0 saturated heterocycles. The Hall–Kier alpha value is 0.0364. The van der Waals surface area contributed by atoms with E-state index in [-0.39, 0.29) is 58.4 Å². The Bertz CT molecular complexity index is 356. The molecule has 3 nitrogen and oxygen atoms in total. The smallest absolute Gasteiger partial charge is 1.00 e. The number of allylic oxidation sites excluding steroid dienone is 1. The molecule has 0 spiro atoms. The van der Waals surface area contributed by atoms with Crippen LogP contribution < -0.4 is 51.4 Å². The van der Waals surface area contributed by atoms with Crippen molar-refractivity contribution >= 4 is 22.9 Å². The molecule has 0 saturated carbocycles. The van der Waals surface area contributed by atoms with Gasteiger partial charge in [-0.2, -0.15) is 5.26 Å². The maximum atomic E-state index is 10.2. The topological polar surface area (TPSA) is 61.1 Å². The van der Waals surface area contributed by atoms with E-state index in [1.165, 1.54) is 11.3 Å². The van der Waals surface area contributed by atoms with Gasteiger partial charge in [-0.3, -0.25) is 0 Å². The quantitative estimate of drug-likeness (QED) is 0.388. The van der Waals surface area contributed by atoms with E-state index >= 15 is 0 Å². The molecular formula is C8H6KNO2S. The zero-order valence-corrected chi connectivity index (χ0v) is 11.0. The van der Waals surface area contributed by atoms with Gasteiger partial charge in [-0.25, -0.2) is 4.79 Å². The molecule has 0 radical (unpaired) electrons. The van der Waals surface area contributed by atoms with Crippen LogP contribution in [-0.2, 0) is 4.79 Å². The van der Waals surface area contributed by atoms with Gasteiger partial charge in [0.1, 0.15) is 6.07 Å². The van der Waals surface area contributed by atoms with Gasteiger partial charge in [0.05, 0.1) is 5.57 Å². The third-order valence-electron chi connectivity index (χ3n) is 1.17. The number of hydrogen-bond donors (Lipinski definition) is 1. The van der Waals surface area contributed by atoms with Gasteiger partial charge in [0.25, 0.3) is 0 Å². The van der Waals surface area contributed by atoms with Crippen molar-refractivity contribution in [3.63, 3.8) is 0 Å². The summed E-state index contributed by atoms with van der Waals surface area (Å²) >= 11 is 1.34. The second-order valence-electron chi connectivity index (χ2n) is 1.99. The minimum atomic E-state index is -1.10. The first-order valence-electron chi connectivity index (χ1n) is 3.12. The number of carboxylic acids is 1. The number of nitriles is 1. The second-order valence-corrected chi connectivity index (χ2v) is 2.93. The molecule has 0 aliphatic rings.